The average Bonchev–Trinajstić information content (AvgIpc) is 2.82. The minimum atomic E-state index is -0.362. The normalized spacial score (nSPS) is 24.5. The summed E-state index contributed by atoms with van der Waals surface area (Å²) in [6.07, 6.45) is 3.51. The summed E-state index contributed by atoms with van der Waals surface area (Å²) in [5, 5.41) is 14.7. The lowest BCUT2D eigenvalue weighted by Gasteiger charge is -2.28. The lowest BCUT2D eigenvalue weighted by molar-refractivity contribution is -0.120. The molecular weight excluding hydrogens is 254 g/mol. The lowest BCUT2D eigenvalue weighted by Crippen LogP contribution is -2.45. The van der Waals surface area contributed by atoms with E-state index in [0.29, 0.717) is 5.75 Å². The Bertz CT molecular complexity index is 353. The van der Waals surface area contributed by atoms with E-state index in [-0.39, 0.29) is 18.1 Å². The van der Waals surface area contributed by atoms with E-state index < -0.39 is 0 Å². The van der Waals surface area contributed by atoms with Gasteiger partial charge in [0.15, 0.2) is 0 Å². The van der Waals surface area contributed by atoms with Crippen LogP contribution in [0, 0.1) is 0 Å². The van der Waals surface area contributed by atoms with Gasteiger partial charge in [-0.05, 0) is 24.3 Å². The van der Waals surface area contributed by atoms with E-state index in [1.54, 1.807) is 23.1 Å². The summed E-state index contributed by atoms with van der Waals surface area (Å²) in [4.78, 5) is 11.7. The van der Waals surface area contributed by atoms with Gasteiger partial charge in [0.25, 0.3) is 0 Å². The second kappa shape index (κ2) is 6.42. The first kappa shape index (κ1) is 12.9. The van der Waals surface area contributed by atoms with Gasteiger partial charge in [-0.3, -0.25) is 4.79 Å². The molecule has 0 unspecified atom stereocenters. The maximum absolute atomic E-state index is 11.7. The molecule has 2 atom stereocenters. The maximum Gasteiger partial charge on any atom is 0.230 e. The van der Waals surface area contributed by atoms with E-state index in [2.05, 4.69) is 5.32 Å². The standard InChI is InChI=1S/C12H17NO2S2/c14-10-5-2-1-4-9(10)13-11(15)8-17-12-6-3-7-16-12/h3,6-7,9-10,14H,1-2,4-5,8H2,(H,13,15)/t9-,10-/m1/s1. The summed E-state index contributed by atoms with van der Waals surface area (Å²) >= 11 is 3.19. The van der Waals surface area contributed by atoms with Crippen LogP contribution in [-0.2, 0) is 4.79 Å². The summed E-state index contributed by atoms with van der Waals surface area (Å²) in [7, 11) is 0. The van der Waals surface area contributed by atoms with Crippen molar-refractivity contribution in [2.45, 2.75) is 42.0 Å². The molecule has 1 aromatic rings. The van der Waals surface area contributed by atoms with Crippen molar-refractivity contribution in [3.05, 3.63) is 17.5 Å². The van der Waals surface area contributed by atoms with Gasteiger partial charge in [0.05, 0.1) is 22.1 Å². The van der Waals surface area contributed by atoms with Crippen LogP contribution < -0.4 is 5.32 Å². The first-order valence-corrected chi connectivity index (χ1v) is 7.76. The van der Waals surface area contributed by atoms with Gasteiger partial charge in [-0.15, -0.1) is 23.1 Å². The number of hydrogen-bond acceptors (Lipinski definition) is 4. The zero-order valence-corrected chi connectivity index (χ0v) is 11.2. The maximum atomic E-state index is 11.7. The number of carbonyl (C=O) groups excluding carboxylic acids is 1. The van der Waals surface area contributed by atoms with Crippen LogP contribution in [0.4, 0.5) is 0 Å². The van der Waals surface area contributed by atoms with Crippen molar-refractivity contribution in [2.75, 3.05) is 5.75 Å². The van der Waals surface area contributed by atoms with Crippen molar-refractivity contribution in [2.24, 2.45) is 0 Å². The van der Waals surface area contributed by atoms with Gasteiger partial charge in [0.1, 0.15) is 0 Å². The minimum absolute atomic E-state index is 0.0225. The summed E-state index contributed by atoms with van der Waals surface area (Å²) in [6.45, 7) is 0. The molecular formula is C12H17NO2S2. The summed E-state index contributed by atoms with van der Waals surface area (Å²) in [5.41, 5.74) is 0. The van der Waals surface area contributed by atoms with Gasteiger partial charge >= 0.3 is 0 Å². The monoisotopic (exact) mass is 271 g/mol. The fraction of sp³-hybridized carbons (Fsp3) is 0.583. The van der Waals surface area contributed by atoms with Gasteiger partial charge < -0.3 is 10.4 Å². The van der Waals surface area contributed by atoms with Crippen LogP contribution in [0.25, 0.3) is 0 Å². The van der Waals surface area contributed by atoms with Crippen molar-refractivity contribution < 1.29 is 9.90 Å². The molecule has 1 fully saturated rings. The number of thioether (sulfide) groups is 1. The Kier molecular flexibility index (Phi) is 4.88. The van der Waals surface area contributed by atoms with Crippen LogP contribution in [0.15, 0.2) is 21.7 Å². The van der Waals surface area contributed by atoms with Crippen molar-refractivity contribution in [3.63, 3.8) is 0 Å². The van der Waals surface area contributed by atoms with Crippen LogP contribution >= 0.6 is 23.1 Å². The fourth-order valence-corrected chi connectivity index (χ4v) is 3.61. The topological polar surface area (TPSA) is 49.3 Å². The third-order valence-electron chi connectivity index (χ3n) is 2.92. The van der Waals surface area contributed by atoms with Gasteiger partial charge in [-0.25, -0.2) is 0 Å². The van der Waals surface area contributed by atoms with E-state index in [9.17, 15) is 9.90 Å². The number of nitrogens with one attached hydrogen (secondary N) is 1. The molecule has 0 radical (unpaired) electrons. The molecule has 0 saturated heterocycles. The minimum Gasteiger partial charge on any atom is -0.391 e. The van der Waals surface area contributed by atoms with E-state index in [1.165, 1.54) is 0 Å². The van der Waals surface area contributed by atoms with Crippen LogP contribution in [0.5, 0.6) is 0 Å². The summed E-state index contributed by atoms with van der Waals surface area (Å²) in [6, 6.07) is 3.95. The highest BCUT2D eigenvalue weighted by atomic mass is 32.2. The predicted molar refractivity (Wildman–Crippen MR) is 71.4 cm³/mol. The smallest absolute Gasteiger partial charge is 0.230 e. The van der Waals surface area contributed by atoms with E-state index in [0.717, 1.165) is 29.9 Å². The second-order valence-corrected chi connectivity index (χ2v) is 6.47. The summed E-state index contributed by atoms with van der Waals surface area (Å²) in [5.74, 6) is 0.457. The van der Waals surface area contributed by atoms with Crippen molar-refractivity contribution in [1.82, 2.24) is 5.32 Å². The van der Waals surface area contributed by atoms with Gasteiger partial charge in [-0.2, -0.15) is 0 Å². The second-order valence-electron chi connectivity index (χ2n) is 4.25. The highest BCUT2D eigenvalue weighted by Gasteiger charge is 2.24. The molecule has 0 aromatic carbocycles. The number of rotatable bonds is 4. The molecule has 0 aliphatic heterocycles. The molecule has 0 spiro atoms. The molecule has 0 bridgehead atoms. The first-order chi connectivity index (χ1) is 8.25. The molecule has 1 aliphatic rings. The fourth-order valence-electron chi connectivity index (χ4n) is 2.01. The van der Waals surface area contributed by atoms with Crippen LogP contribution in [0.1, 0.15) is 25.7 Å². The highest BCUT2D eigenvalue weighted by molar-refractivity contribution is 8.01. The predicted octanol–water partition coefficient (Wildman–Crippen LogP) is 2.26. The molecule has 1 amide bonds. The lowest BCUT2D eigenvalue weighted by atomic mass is 9.93. The Morgan fingerprint density at radius 1 is 1.53 bits per heavy atom. The Labute approximate surface area is 110 Å². The molecule has 2 rings (SSSR count). The van der Waals surface area contributed by atoms with Crippen molar-refractivity contribution in [3.8, 4) is 0 Å². The van der Waals surface area contributed by atoms with Crippen LogP contribution in [0.2, 0.25) is 0 Å². The molecule has 5 heteroatoms. The molecule has 94 valence electrons. The van der Waals surface area contributed by atoms with Gasteiger partial charge in [0, 0.05) is 0 Å². The van der Waals surface area contributed by atoms with Crippen LogP contribution in [-0.4, -0.2) is 28.9 Å². The highest BCUT2D eigenvalue weighted by Crippen LogP contribution is 2.23. The molecule has 1 heterocycles. The van der Waals surface area contributed by atoms with Crippen LogP contribution in [0.3, 0.4) is 0 Å². The molecule has 3 nitrogen and oxygen atoms in total. The molecule has 17 heavy (non-hydrogen) atoms. The van der Waals surface area contributed by atoms with E-state index in [4.69, 9.17) is 0 Å². The van der Waals surface area contributed by atoms with E-state index >= 15 is 0 Å². The zero-order valence-electron chi connectivity index (χ0n) is 9.59. The number of amides is 1. The molecule has 2 N–H and O–H groups in total. The number of hydrogen-bond donors (Lipinski definition) is 2. The number of aliphatic hydroxyl groups is 1. The van der Waals surface area contributed by atoms with E-state index in [1.807, 2.05) is 17.5 Å². The third-order valence-corrected chi connectivity index (χ3v) is 5.05. The number of carbonyl (C=O) groups is 1. The third kappa shape index (κ3) is 4.01. The Hall–Kier alpha value is -0.520. The molecule has 1 aliphatic carbocycles. The number of aliphatic hydroxyl groups excluding tert-OH is 1. The van der Waals surface area contributed by atoms with Crippen molar-refractivity contribution in [1.29, 1.82) is 0 Å². The first-order valence-electron chi connectivity index (χ1n) is 5.89. The molecule has 1 saturated carbocycles. The largest absolute Gasteiger partial charge is 0.391 e. The average molecular weight is 271 g/mol. The Balaban J connectivity index is 1.73. The number of thiophene rings is 1. The SMILES string of the molecule is O=C(CSc1cccs1)N[C@@H]1CCCC[C@H]1O. The Morgan fingerprint density at radius 3 is 3.06 bits per heavy atom. The Morgan fingerprint density at radius 2 is 2.35 bits per heavy atom. The molecule has 1 aromatic heterocycles. The summed E-state index contributed by atoms with van der Waals surface area (Å²) < 4.78 is 1.16. The zero-order chi connectivity index (χ0) is 12.1. The quantitative estimate of drug-likeness (QED) is 0.826. The van der Waals surface area contributed by atoms with Crippen molar-refractivity contribution >= 4 is 29.0 Å². The van der Waals surface area contributed by atoms with Gasteiger partial charge in [-0.1, -0.05) is 18.9 Å². The van der Waals surface area contributed by atoms with Gasteiger partial charge in [0.2, 0.25) is 5.91 Å².